The maximum atomic E-state index is 11.5. The average molecular weight is 289 g/mol. The Kier molecular flexibility index (Phi) is 8.58. The van der Waals surface area contributed by atoms with Gasteiger partial charge in [0, 0.05) is 6.42 Å². The van der Waals surface area contributed by atoms with Gasteiger partial charge in [-0.1, -0.05) is 47.0 Å². The van der Waals surface area contributed by atoms with Crippen LogP contribution in [0.4, 0.5) is 0 Å². The van der Waals surface area contributed by atoms with Gasteiger partial charge in [-0.3, -0.25) is 4.79 Å². The molecule has 0 aliphatic heterocycles. The maximum absolute atomic E-state index is 11.5. The summed E-state index contributed by atoms with van der Waals surface area (Å²) < 4.78 is 11.1. The smallest absolute Gasteiger partial charge is 0.305 e. The molecule has 0 atom stereocenters. The third kappa shape index (κ3) is 8.42. The van der Waals surface area contributed by atoms with Crippen LogP contribution in [-0.2, 0) is 14.0 Å². The molecule has 0 aromatic rings. The molecule has 114 valence electrons. The number of unbranched alkanes of at least 4 members (excludes halogenated alkanes) is 3. The minimum Gasteiger partial charge on any atom is -0.463 e. The fraction of sp³-hybridized carbons (Fsp3) is 0.933. The summed E-state index contributed by atoms with van der Waals surface area (Å²) in [7, 11) is -1.70. The lowest BCUT2D eigenvalue weighted by molar-refractivity contribution is -0.144. The molecule has 0 spiro atoms. The second-order valence-corrected chi connectivity index (χ2v) is 11.4. The molecule has 0 amide bonds. The van der Waals surface area contributed by atoms with Crippen molar-refractivity contribution in [2.75, 3.05) is 13.2 Å². The minimum atomic E-state index is -1.70. The van der Waals surface area contributed by atoms with Crippen molar-refractivity contribution in [1.29, 1.82) is 0 Å². The van der Waals surface area contributed by atoms with Crippen molar-refractivity contribution in [3.8, 4) is 0 Å². The molecule has 0 aliphatic rings. The van der Waals surface area contributed by atoms with E-state index in [1.807, 2.05) is 0 Å². The van der Waals surface area contributed by atoms with Gasteiger partial charge in [-0.05, 0) is 24.6 Å². The first-order valence-corrected chi connectivity index (χ1v) is 10.4. The Morgan fingerprint density at radius 3 is 2.21 bits per heavy atom. The van der Waals surface area contributed by atoms with Crippen molar-refractivity contribution in [2.24, 2.45) is 0 Å². The number of hydrogen-bond acceptors (Lipinski definition) is 3. The Balaban J connectivity index is 3.66. The SMILES string of the molecule is CCCCCCC(=O)OCCO[Si](C)(C)C(C)(C)C. The van der Waals surface area contributed by atoms with Gasteiger partial charge in [0.05, 0.1) is 6.61 Å². The highest BCUT2D eigenvalue weighted by atomic mass is 28.4. The molecule has 0 unspecified atom stereocenters. The van der Waals surface area contributed by atoms with Crippen molar-refractivity contribution in [1.82, 2.24) is 0 Å². The zero-order chi connectivity index (χ0) is 14.9. The molecule has 0 bridgehead atoms. The molecule has 0 N–H and O–H groups in total. The van der Waals surface area contributed by atoms with Gasteiger partial charge in [0.1, 0.15) is 6.61 Å². The van der Waals surface area contributed by atoms with E-state index in [1.54, 1.807) is 0 Å². The van der Waals surface area contributed by atoms with Gasteiger partial charge in [0.2, 0.25) is 0 Å². The molecule has 3 nitrogen and oxygen atoms in total. The molecule has 19 heavy (non-hydrogen) atoms. The van der Waals surface area contributed by atoms with E-state index in [2.05, 4.69) is 40.8 Å². The van der Waals surface area contributed by atoms with Crippen LogP contribution >= 0.6 is 0 Å². The van der Waals surface area contributed by atoms with Crippen molar-refractivity contribution in [3.63, 3.8) is 0 Å². The normalized spacial score (nSPS) is 12.5. The van der Waals surface area contributed by atoms with Crippen molar-refractivity contribution in [3.05, 3.63) is 0 Å². The van der Waals surface area contributed by atoms with Gasteiger partial charge < -0.3 is 9.16 Å². The molecule has 0 radical (unpaired) electrons. The van der Waals surface area contributed by atoms with Crippen LogP contribution in [0.1, 0.15) is 59.8 Å². The van der Waals surface area contributed by atoms with Crippen LogP contribution in [0.25, 0.3) is 0 Å². The van der Waals surface area contributed by atoms with Gasteiger partial charge in [0.15, 0.2) is 8.32 Å². The molecule has 0 saturated carbocycles. The summed E-state index contributed by atoms with van der Waals surface area (Å²) >= 11 is 0. The number of hydrogen-bond donors (Lipinski definition) is 0. The first-order chi connectivity index (χ1) is 8.70. The summed E-state index contributed by atoms with van der Waals surface area (Å²) in [5, 5.41) is 0.206. The predicted octanol–water partition coefficient (Wildman–Crippen LogP) is 4.52. The van der Waals surface area contributed by atoms with Gasteiger partial charge in [-0.25, -0.2) is 0 Å². The molecule has 0 aromatic heterocycles. The number of esters is 1. The highest BCUT2D eigenvalue weighted by Gasteiger charge is 2.36. The molecule has 0 saturated heterocycles. The van der Waals surface area contributed by atoms with Crippen LogP contribution in [0.15, 0.2) is 0 Å². The molecule has 4 heteroatoms. The lowest BCUT2D eigenvalue weighted by atomic mass is 10.2. The molecular weight excluding hydrogens is 256 g/mol. The molecule has 0 heterocycles. The topological polar surface area (TPSA) is 35.5 Å². The number of carbonyl (C=O) groups excluding carboxylic acids is 1. The minimum absolute atomic E-state index is 0.0880. The van der Waals surface area contributed by atoms with E-state index in [4.69, 9.17) is 9.16 Å². The van der Waals surface area contributed by atoms with Crippen LogP contribution < -0.4 is 0 Å². The van der Waals surface area contributed by atoms with Crippen LogP contribution in [0.2, 0.25) is 18.1 Å². The van der Waals surface area contributed by atoms with Gasteiger partial charge in [-0.15, -0.1) is 0 Å². The third-order valence-electron chi connectivity index (χ3n) is 3.85. The summed E-state index contributed by atoms with van der Waals surface area (Å²) in [6, 6.07) is 0. The Bertz CT molecular complexity index is 257. The average Bonchev–Trinajstić information content (AvgIpc) is 2.29. The Hall–Kier alpha value is -0.353. The van der Waals surface area contributed by atoms with E-state index in [1.165, 1.54) is 12.8 Å². The van der Waals surface area contributed by atoms with Gasteiger partial charge >= 0.3 is 5.97 Å². The number of rotatable bonds is 9. The zero-order valence-electron chi connectivity index (χ0n) is 13.7. The Labute approximate surface area is 120 Å². The van der Waals surface area contributed by atoms with Crippen molar-refractivity contribution in [2.45, 2.75) is 77.9 Å². The first kappa shape index (κ1) is 18.6. The highest BCUT2D eigenvalue weighted by molar-refractivity contribution is 6.74. The summed E-state index contributed by atoms with van der Waals surface area (Å²) in [4.78, 5) is 11.5. The van der Waals surface area contributed by atoms with Gasteiger partial charge in [0.25, 0.3) is 0 Å². The standard InChI is InChI=1S/C15H32O3Si/c1-7-8-9-10-11-14(16)17-12-13-18-19(5,6)15(2,3)4/h7-13H2,1-6H3. The third-order valence-corrected chi connectivity index (χ3v) is 8.39. The summed E-state index contributed by atoms with van der Waals surface area (Å²) in [5.74, 6) is -0.0880. The van der Waals surface area contributed by atoms with E-state index in [9.17, 15) is 4.79 Å². The van der Waals surface area contributed by atoms with Crippen LogP contribution in [0, 0.1) is 0 Å². The van der Waals surface area contributed by atoms with Crippen LogP contribution in [0.5, 0.6) is 0 Å². The van der Waals surface area contributed by atoms with E-state index in [0.717, 1.165) is 12.8 Å². The van der Waals surface area contributed by atoms with E-state index in [-0.39, 0.29) is 11.0 Å². The lowest BCUT2D eigenvalue weighted by Crippen LogP contribution is -2.41. The molecule has 0 aromatic carbocycles. The van der Waals surface area contributed by atoms with Crippen LogP contribution in [-0.4, -0.2) is 27.5 Å². The fourth-order valence-corrected chi connectivity index (χ4v) is 2.46. The lowest BCUT2D eigenvalue weighted by Gasteiger charge is -2.36. The Morgan fingerprint density at radius 2 is 1.68 bits per heavy atom. The first-order valence-electron chi connectivity index (χ1n) is 7.50. The van der Waals surface area contributed by atoms with E-state index >= 15 is 0 Å². The molecule has 0 aliphatic carbocycles. The molecule has 0 fully saturated rings. The molecular formula is C15H32O3Si. The van der Waals surface area contributed by atoms with E-state index < -0.39 is 8.32 Å². The van der Waals surface area contributed by atoms with Gasteiger partial charge in [-0.2, -0.15) is 0 Å². The van der Waals surface area contributed by atoms with Crippen molar-refractivity contribution < 1.29 is 14.0 Å². The fourth-order valence-electron chi connectivity index (χ4n) is 1.44. The predicted molar refractivity (Wildman–Crippen MR) is 82.9 cm³/mol. The largest absolute Gasteiger partial charge is 0.463 e. The second-order valence-electron chi connectivity index (χ2n) is 6.64. The van der Waals surface area contributed by atoms with Crippen LogP contribution in [0.3, 0.4) is 0 Å². The maximum Gasteiger partial charge on any atom is 0.305 e. The second kappa shape index (κ2) is 8.75. The summed E-state index contributed by atoms with van der Waals surface area (Å²) in [5.41, 5.74) is 0. The monoisotopic (exact) mass is 288 g/mol. The Morgan fingerprint density at radius 1 is 1.05 bits per heavy atom. The quantitative estimate of drug-likeness (QED) is 0.355. The number of carbonyl (C=O) groups is 1. The van der Waals surface area contributed by atoms with Crippen molar-refractivity contribution >= 4 is 14.3 Å². The summed E-state index contributed by atoms with van der Waals surface area (Å²) in [6.45, 7) is 14.1. The summed E-state index contributed by atoms with van der Waals surface area (Å²) in [6.07, 6.45) is 4.99. The van der Waals surface area contributed by atoms with E-state index in [0.29, 0.717) is 19.6 Å². The highest BCUT2D eigenvalue weighted by Crippen LogP contribution is 2.36. The molecule has 0 rings (SSSR count). The zero-order valence-corrected chi connectivity index (χ0v) is 14.7. The number of ether oxygens (including phenoxy) is 1.